The molecule has 0 amide bonds. The van der Waals surface area contributed by atoms with Crippen LogP contribution in [-0.4, -0.2) is 39.4 Å². The molecule has 3 nitrogen and oxygen atoms in total. The van der Waals surface area contributed by atoms with Gasteiger partial charge in [-0.15, -0.1) is 0 Å². The Balaban J connectivity index is 2.03. The van der Waals surface area contributed by atoms with Crippen LogP contribution in [-0.2, 0) is 4.74 Å². The second kappa shape index (κ2) is 7.81. The van der Waals surface area contributed by atoms with E-state index in [1.165, 1.54) is 29.7 Å². The fourth-order valence-electron chi connectivity index (χ4n) is 3.15. The number of nitrogens with one attached hydrogen (secondary N) is 1. The fraction of sp³-hybridized carbons (Fsp3) is 0.667. The number of benzene rings is 1. The molecule has 0 aliphatic carbocycles. The molecule has 1 heterocycles. The Morgan fingerprint density at radius 3 is 2.57 bits per heavy atom. The van der Waals surface area contributed by atoms with E-state index in [4.69, 9.17) is 4.74 Å². The zero-order valence-electron chi connectivity index (χ0n) is 14.0. The summed E-state index contributed by atoms with van der Waals surface area (Å²) in [6, 6.07) is 7.29. The molecule has 2 rings (SSSR count). The van der Waals surface area contributed by atoms with E-state index in [2.05, 4.69) is 56.2 Å². The smallest absolute Gasteiger partial charge is 0.0510 e. The second-order valence-corrected chi connectivity index (χ2v) is 6.41. The van der Waals surface area contributed by atoms with Crippen molar-refractivity contribution in [2.75, 3.05) is 38.3 Å². The predicted molar refractivity (Wildman–Crippen MR) is 90.2 cm³/mol. The molecule has 2 atom stereocenters. The Kier molecular flexibility index (Phi) is 6.07. The van der Waals surface area contributed by atoms with E-state index in [-0.39, 0.29) is 0 Å². The first-order valence-corrected chi connectivity index (χ1v) is 8.20. The number of rotatable bonds is 7. The average molecular weight is 290 g/mol. The molecular weight excluding hydrogens is 260 g/mol. The molecule has 1 fully saturated rings. The third kappa shape index (κ3) is 4.72. The molecule has 21 heavy (non-hydrogen) atoms. The number of likely N-dealkylation sites (N-methyl/N-ethyl adjacent to an activating group) is 1. The summed E-state index contributed by atoms with van der Waals surface area (Å²) in [5.74, 6) is 0.643. The van der Waals surface area contributed by atoms with Crippen LogP contribution in [0.5, 0.6) is 0 Å². The number of aryl methyl sites for hydroxylation is 2. The maximum Gasteiger partial charge on any atom is 0.0510 e. The summed E-state index contributed by atoms with van der Waals surface area (Å²) < 4.78 is 5.59. The maximum atomic E-state index is 5.59. The van der Waals surface area contributed by atoms with E-state index >= 15 is 0 Å². The van der Waals surface area contributed by atoms with Crippen molar-refractivity contribution in [3.63, 3.8) is 0 Å². The quantitative estimate of drug-likeness (QED) is 0.835. The molecule has 1 aromatic rings. The van der Waals surface area contributed by atoms with Crippen LogP contribution in [0.4, 0.5) is 5.69 Å². The molecule has 1 saturated heterocycles. The number of nitrogens with zero attached hydrogens (tertiary/aromatic N) is 1. The zero-order valence-corrected chi connectivity index (χ0v) is 14.0. The molecule has 1 aromatic carbocycles. The van der Waals surface area contributed by atoms with E-state index in [1.807, 2.05) is 0 Å². The maximum absolute atomic E-state index is 5.59. The molecule has 0 saturated carbocycles. The van der Waals surface area contributed by atoms with Crippen molar-refractivity contribution in [2.45, 2.75) is 39.7 Å². The molecule has 0 radical (unpaired) electrons. The normalized spacial score (nSPS) is 19.7. The van der Waals surface area contributed by atoms with Gasteiger partial charge in [0.05, 0.1) is 6.61 Å². The summed E-state index contributed by atoms with van der Waals surface area (Å²) in [6.07, 6.45) is 2.36. The molecule has 0 bridgehead atoms. The van der Waals surface area contributed by atoms with Crippen LogP contribution in [0.3, 0.4) is 0 Å². The molecule has 1 aliphatic rings. The van der Waals surface area contributed by atoms with Gasteiger partial charge in [-0.25, -0.2) is 0 Å². The standard InChI is InChI=1S/C18H30N2O/c1-5-7-19-18(16-6-8-21-13-16)12-20(4)17-10-14(2)9-15(3)11-17/h9-11,16,18-19H,5-8,12-13H2,1-4H3. The van der Waals surface area contributed by atoms with Crippen LogP contribution in [0.25, 0.3) is 0 Å². The van der Waals surface area contributed by atoms with E-state index in [9.17, 15) is 0 Å². The Morgan fingerprint density at radius 1 is 1.29 bits per heavy atom. The van der Waals surface area contributed by atoms with Crippen molar-refractivity contribution in [3.8, 4) is 0 Å². The summed E-state index contributed by atoms with van der Waals surface area (Å²) >= 11 is 0. The van der Waals surface area contributed by atoms with Gasteiger partial charge in [0.1, 0.15) is 0 Å². The Hall–Kier alpha value is -1.06. The van der Waals surface area contributed by atoms with Gasteiger partial charge in [0.2, 0.25) is 0 Å². The van der Waals surface area contributed by atoms with Gasteiger partial charge >= 0.3 is 0 Å². The lowest BCUT2D eigenvalue weighted by atomic mass is 9.98. The zero-order chi connectivity index (χ0) is 15.2. The van der Waals surface area contributed by atoms with Gasteiger partial charge in [0.25, 0.3) is 0 Å². The molecule has 118 valence electrons. The highest BCUT2D eigenvalue weighted by Gasteiger charge is 2.26. The topological polar surface area (TPSA) is 24.5 Å². The Morgan fingerprint density at radius 2 is 2.00 bits per heavy atom. The number of anilines is 1. The highest BCUT2D eigenvalue weighted by molar-refractivity contribution is 5.50. The number of hydrogen-bond acceptors (Lipinski definition) is 3. The van der Waals surface area contributed by atoms with Gasteiger partial charge < -0.3 is 15.0 Å². The predicted octanol–water partition coefficient (Wildman–Crippen LogP) is 3.14. The van der Waals surface area contributed by atoms with Crippen molar-refractivity contribution < 1.29 is 4.74 Å². The third-order valence-electron chi connectivity index (χ3n) is 4.31. The monoisotopic (exact) mass is 290 g/mol. The molecule has 3 heteroatoms. The van der Waals surface area contributed by atoms with Crippen LogP contribution >= 0.6 is 0 Å². The lowest BCUT2D eigenvalue weighted by Gasteiger charge is -2.30. The summed E-state index contributed by atoms with van der Waals surface area (Å²) in [4.78, 5) is 2.38. The van der Waals surface area contributed by atoms with Crippen molar-refractivity contribution in [2.24, 2.45) is 5.92 Å². The Labute approximate surface area is 129 Å². The SMILES string of the molecule is CCCNC(CN(C)c1cc(C)cc(C)c1)C1CCOC1. The fourth-order valence-corrected chi connectivity index (χ4v) is 3.15. The summed E-state index contributed by atoms with van der Waals surface area (Å²) in [5.41, 5.74) is 3.98. The van der Waals surface area contributed by atoms with Crippen molar-refractivity contribution in [1.82, 2.24) is 5.32 Å². The third-order valence-corrected chi connectivity index (χ3v) is 4.31. The lowest BCUT2D eigenvalue weighted by Crippen LogP contribution is -2.45. The summed E-state index contributed by atoms with van der Waals surface area (Å²) in [5, 5.41) is 3.72. The lowest BCUT2D eigenvalue weighted by molar-refractivity contribution is 0.177. The first kappa shape index (κ1) is 16.3. The molecular formula is C18H30N2O. The van der Waals surface area contributed by atoms with Gasteiger partial charge in [0.15, 0.2) is 0 Å². The summed E-state index contributed by atoms with van der Waals surface area (Å²) in [7, 11) is 2.20. The van der Waals surface area contributed by atoms with Crippen LogP contribution < -0.4 is 10.2 Å². The van der Waals surface area contributed by atoms with Gasteiger partial charge in [-0.3, -0.25) is 0 Å². The van der Waals surface area contributed by atoms with Crippen molar-refractivity contribution in [3.05, 3.63) is 29.3 Å². The van der Waals surface area contributed by atoms with Crippen molar-refractivity contribution in [1.29, 1.82) is 0 Å². The second-order valence-electron chi connectivity index (χ2n) is 6.41. The van der Waals surface area contributed by atoms with Gasteiger partial charge in [-0.1, -0.05) is 13.0 Å². The minimum absolute atomic E-state index is 0.512. The van der Waals surface area contributed by atoms with Gasteiger partial charge in [-0.05, 0) is 56.5 Å². The van der Waals surface area contributed by atoms with Crippen LogP contribution in [0.15, 0.2) is 18.2 Å². The minimum Gasteiger partial charge on any atom is -0.381 e. The van der Waals surface area contributed by atoms with Gasteiger partial charge in [0, 0.05) is 37.8 Å². The summed E-state index contributed by atoms with van der Waals surface area (Å²) in [6.45, 7) is 10.5. The minimum atomic E-state index is 0.512. The number of hydrogen-bond donors (Lipinski definition) is 1. The van der Waals surface area contributed by atoms with Crippen LogP contribution in [0.1, 0.15) is 30.9 Å². The highest BCUT2D eigenvalue weighted by atomic mass is 16.5. The average Bonchev–Trinajstić information content (AvgIpc) is 2.96. The number of ether oxygens (including phenoxy) is 1. The van der Waals surface area contributed by atoms with Gasteiger partial charge in [-0.2, -0.15) is 0 Å². The highest BCUT2D eigenvalue weighted by Crippen LogP contribution is 2.21. The van der Waals surface area contributed by atoms with Crippen LogP contribution in [0.2, 0.25) is 0 Å². The molecule has 1 N–H and O–H groups in total. The largest absolute Gasteiger partial charge is 0.381 e. The van der Waals surface area contributed by atoms with Crippen LogP contribution in [0, 0.1) is 19.8 Å². The molecule has 1 aliphatic heterocycles. The molecule has 0 aromatic heterocycles. The van der Waals surface area contributed by atoms with Crippen molar-refractivity contribution >= 4 is 5.69 Å². The molecule has 0 spiro atoms. The first-order valence-electron chi connectivity index (χ1n) is 8.20. The van der Waals surface area contributed by atoms with E-state index in [1.54, 1.807) is 0 Å². The molecule has 2 unspecified atom stereocenters. The van der Waals surface area contributed by atoms with E-state index in [0.717, 1.165) is 26.3 Å². The van der Waals surface area contributed by atoms with E-state index < -0.39 is 0 Å². The van der Waals surface area contributed by atoms with E-state index in [0.29, 0.717) is 12.0 Å². The Bertz CT molecular complexity index is 421. The first-order chi connectivity index (χ1) is 10.1.